The maximum atomic E-state index is 12.1. The maximum absolute atomic E-state index is 12.1. The molecule has 150 valence electrons. The zero-order valence-corrected chi connectivity index (χ0v) is 16.8. The van der Waals surface area contributed by atoms with Gasteiger partial charge in [-0.15, -0.1) is 11.3 Å². The molecule has 8 nitrogen and oxygen atoms in total. The van der Waals surface area contributed by atoms with Gasteiger partial charge in [-0.1, -0.05) is 25.0 Å². The van der Waals surface area contributed by atoms with E-state index in [-0.39, 0.29) is 35.6 Å². The summed E-state index contributed by atoms with van der Waals surface area (Å²) < 4.78 is 22.5. The van der Waals surface area contributed by atoms with Gasteiger partial charge in [-0.2, -0.15) is 0 Å². The number of aromatic nitrogens is 1. The first-order valence-electron chi connectivity index (χ1n) is 8.95. The number of hydrogen-bond acceptors (Lipinski definition) is 6. The lowest BCUT2D eigenvalue weighted by Gasteiger charge is -2.07. The highest BCUT2D eigenvalue weighted by atomic mass is 32.2. The Bertz CT molecular complexity index is 948. The smallest absolute Gasteiger partial charge is 0.238 e. The van der Waals surface area contributed by atoms with Crippen molar-refractivity contribution in [1.29, 1.82) is 0 Å². The van der Waals surface area contributed by atoms with Crippen LogP contribution >= 0.6 is 11.3 Å². The summed E-state index contributed by atoms with van der Waals surface area (Å²) in [6.07, 6.45) is 4.12. The van der Waals surface area contributed by atoms with Crippen LogP contribution in [0.1, 0.15) is 36.9 Å². The van der Waals surface area contributed by atoms with E-state index in [1.54, 1.807) is 17.5 Å². The van der Waals surface area contributed by atoms with E-state index in [4.69, 9.17) is 5.14 Å². The zero-order chi connectivity index (χ0) is 20.1. The van der Waals surface area contributed by atoms with Crippen molar-refractivity contribution in [2.45, 2.75) is 43.5 Å². The summed E-state index contributed by atoms with van der Waals surface area (Å²) in [4.78, 5) is 28.6. The van der Waals surface area contributed by atoms with E-state index in [1.165, 1.54) is 23.5 Å². The molecule has 0 spiro atoms. The molecule has 1 aliphatic carbocycles. The van der Waals surface area contributed by atoms with E-state index < -0.39 is 10.0 Å². The lowest BCUT2D eigenvalue weighted by Crippen LogP contribution is -2.25. The molecule has 3 rings (SSSR count). The fraction of sp³-hybridized carbons (Fsp3) is 0.389. The second-order valence-corrected chi connectivity index (χ2v) is 9.18. The van der Waals surface area contributed by atoms with Crippen LogP contribution in [0.4, 0.5) is 5.13 Å². The first-order valence-corrected chi connectivity index (χ1v) is 11.4. The minimum absolute atomic E-state index is 0.00536. The van der Waals surface area contributed by atoms with Crippen LogP contribution in [0.5, 0.6) is 0 Å². The molecular formula is C18H22N4O4S2. The van der Waals surface area contributed by atoms with E-state index in [0.717, 1.165) is 31.2 Å². The average Bonchev–Trinajstić information content (AvgIpc) is 3.32. The van der Waals surface area contributed by atoms with Gasteiger partial charge < -0.3 is 10.6 Å². The third-order valence-corrected chi connectivity index (χ3v) is 6.33. The largest absolute Gasteiger partial charge is 0.352 e. The van der Waals surface area contributed by atoms with Gasteiger partial charge >= 0.3 is 0 Å². The van der Waals surface area contributed by atoms with Crippen molar-refractivity contribution in [1.82, 2.24) is 10.3 Å². The summed E-state index contributed by atoms with van der Waals surface area (Å²) in [6.45, 7) is 0.263. The van der Waals surface area contributed by atoms with Crippen molar-refractivity contribution >= 4 is 38.3 Å². The number of thiazole rings is 1. The Kier molecular flexibility index (Phi) is 6.42. The number of rotatable bonds is 7. The zero-order valence-electron chi connectivity index (χ0n) is 15.2. The van der Waals surface area contributed by atoms with Crippen molar-refractivity contribution in [3.63, 3.8) is 0 Å². The number of nitrogens with zero attached hydrogens (tertiary/aromatic N) is 1. The normalized spacial score (nSPS) is 14.8. The van der Waals surface area contributed by atoms with E-state index in [9.17, 15) is 18.0 Å². The standard InChI is InChI=1S/C18H22N4O4S2/c19-28(25,26)15-7-5-12(6-8-15)10-20-16(23)9-14-11-27-18(21-14)22-17(24)13-3-1-2-4-13/h5-8,11,13H,1-4,9-10H2,(H,20,23)(H2,19,25,26)(H,21,22,24). The van der Waals surface area contributed by atoms with Gasteiger partial charge in [0.15, 0.2) is 5.13 Å². The van der Waals surface area contributed by atoms with Crippen molar-refractivity contribution in [2.75, 3.05) is 5.32 Å². The van der Waals surface area contributed by atoms with E-state index in [2.05, 4.69) is 15.6 Å². The predicted molar refractivity (Wildman–Crippen MR) is 106 cm³/mol. The molecule has 1 aliphatic rings. The van der Waals surface area contributed by atoms with E-state index in [1.807, 2.05) is 0 Å². The number of primary sulfonamides is 1. The molecule has 2 amide bonds. The van der Waals surface area contributed by atoms with Gasteiger partial charge in [0.05, 0.1) is 17.0 Å². The highest BCUT2D eigenvalue weighted by molar-refractivity contribution is 7.89. The maximum Gasteiger partial charge on any atom is 0.238 e. The number of hydrogen-bond donors (Lipinski definition) is 3. The molecule has 10 heteroatoms. The van der Waals surface area contributed by atoms with E-state index in [0.29, 0.717) is 10.8 Å². The second kappa shape index (κ2) is 8.80. The second-order valence-electron chi connectivity index (χ2n) is 6.76. The topological polar surface area (TPSA) is 131 Å². The Morgan fingerprint density at radius 3 is 2.50 bits per heavy atom. The van der Waals surface area contributed by atoms with Gasteiger partial charge in [0.25, 0.3) is 0 Å². The fourth-order valence-electron chi connectivity index (χ4n) is 3.07. The number of benzene rings is 1. The molecule has 2 aromatic rings. The first kappa shape index (κ1) is 20.4. The quantitative estimate of drug-likeness (QED) is 0.626. The first-order chi connectivity index (χ1) is 13.3. The molecular weight excluding hydrogens is 400 g/mol. The molecule has 28 heavy (non-hydrogen) atoms. The molecule has 0 aliphatic heterocycles. The number of sulfonamides is 1. The van der Waals surface area contributed by atoms with Crippen LogP contribution < -0.4 is 15.8 Å². The molecule has 1 aromatic carbocycles. The Morgan fingerprint density at radius 2 is 1.86 bits per heavy atom. The van der Waals surface area contributed by atoms with E-state index >= 15 is 0 Å². The van der Waals surface area contributed by atoms with Gasteiger partial charge in [-0.25, -0.2) is 18.5 Å². The number of nitrogens with two attached hydrogens (primary N) is 1. The molecule has 1 saturated carbocycles. The summed E-state index contributed by atoms with van der Waals surface area (Å²) in [5, 5.41) is 12.9. The SMILES string of the molecule is NS(=O)(=O)c1ccc(CNC(=O)Cc2csc(NC(=O)C3CCCC3)n2)cc1. The van der Waals surface area contributed by atoms with Crippen molar-refractivity contribution in [2.24, 2.45) is 11.1 Å². The number of nitrogens with one attached hydrogen (secondary N) is 2. The third kappa shape index (κ3) is 5.60. The fourth-order valence-corrected chi connectivity index (χ4v) is 4.29. The van der Waals surface area contributed by atoms with Crippen LogP contribution in [-0.2, 0) is 32.6 Å². The molecule has 1 heterocycles. The Hall–Kier alpha value is -2.30. The third-order valence-electron chi connectivity index (χ3n) is 4.59. The summed E-state index contributed by atoms with van der Waals surface area (Å²) in [7, 11) is -3.73. The lowest BCUT2D eigenvalue weighted by atomic mass is 10.1. The Balaban J connectivity index is 1.47. The molecule has 0 unspecified atom stereocenters. The minimum atomic E-state index is -3.73. The summed E-state index contributed by atoms with van der Waals surface area (Å²) in [6, 6.07) is 5.99. The highest BCUT2D eigenvalue weighted by Gasteiger charge is 2.23. The van der Waals surface area contributed by atoms with Crippen molar-refractivity contribution in [3.05, 3.63) is 40.9 Å². The van der Waals surface area contributed by atoms with Crippen molar-refractivity contribution in [3.8, 4) is 0 Å². The minimum Gasteiger partial charge on any atom is -0.352 e. The highest BCUT2D eigenvalue weighted by Crippen LogP contribution is 2.26. The molecule has 0 atom stereocenters. The molecule has 0 bridgehead atoms. The van der Waals surface area contributed by atoms with Crippen LogP contribution in [0.3, 0.4) is 0 Å². The average molecular weight is 423 g/mol. The number of carbonyl (C=O) groups excluding carboxylic acids is 2. The number of anilines is 1. The van der Waals surface area contributed by atoms with Crippen molar-refractivity contribution < 1.29 is 18.0 Å². The van der Waals surface area contributed by atoms with Gasteiger partial charge in [0.1, 0.15) is 0 Å². The molecule has 4 N–H and O–H groups in total. The van der Waals surface area contributed by atoms with Gasteiger partial charge in [-0.3, -0.25) is 9.59 Å². The molecule has 0 radical (unpaired) electrons. The molecule has 1 aromatic heterocycles. The summed E-state index contributed by atoms with van der Waals surface area (Å²) >= 11 is 1.31. The Labute approximate surface area is 167 Å². The van der Waals surface area contributed by atoms with Gasteiger partial charge in [0, 0.05) is 17.8 Å². The summed E-state index contributed by atoms with van der Waals surface area (Å²) in [5.41, 5.74) is 1.34. The predicted octanol–water partition coefficient (Wildman–Crippen LogP) is 1.78. The van der Waals surface area contributed by atoms with Crippen LogP contribution in [-0.4, -0.2) is 25.2 Å². The van der Waals surface area contributed by atoms with Crippen LogP contribution in [0, 0.1) is 5.92 Å². The molecule has 1 fully saturated rings. The number of carbonyl (C=O) groups is 2. The van der Waals surface area contributed by atoms with Crippen LogP contribution in [0.25, 0.3) is 0 Å². The molecule has 0 saturated heterocycles. The van der Waals surface area contributed by atoms with Crippen LogP contribution in [0.15, 0.2) is 34.5 Å². The van der Waals surface area contributed by atoms with Gasteiger partial charge in [0.2, 0.25) is 21.8 Å². The van der Waals surface area contributed by atoms with Crippen LogP contribution in [0.2, 0.25) is 0 Å². The summed E-state index contributed by atoms with van der Waals surface area (Å²) in [5.74, 6) is -0.142. The van der Waals surface area contributed by atoms with Gasteiger partial charge in [-0.05, 0) is 30.5 Å². The number of amides is 2. The monoisotopic (exact) mass is 422 g/mol. The lowest BCUT2D eigenvalue weighted by molar-refractivity contribution is -0.121. The Morgan fingerprint density at radius 1 is 1.18 bits per heavy atom.